The van der Waals surface area contributed by atoms with Crippen molar-refractivity contribution in [3.63, 3.8) is 0 Å². The molecule has 0 saturated heterocycles. The van der Waals surface area contributed by atoms with Crippen molar-refractivity contribution in [3.05, 3.63) is 42.2 Å². The summed E-state index contributed by atoms with van der Waals surface area (Å²) in [5.41, 5.74) is 5.00. The molecule has 0 unspecified atom stereocenters. The standard InChI is InChI=1S/C8H8/c1-3-8-6-4-5-7(8)2/h4-5H,1-2,6H2. The molecule has 0 aromatic rings. The summed E-state index contributed by atoms with van der Waals surface area (Å²) in [5.74, 6) is 0. The van der Waals surface area contributed by atoms with E-state index in [0.717, 1.165) is 17.6 Å². The zero-order chi connectivity index (χ0) is 5.98. The molecule has 0 nitrogen and oxygen atoms in total. The molecule has 1 rings (SSSR count). The second-order valence-corrected chi connectivity index (χ2v) is 1.79. The first-order chi connectivity index (χ1) is 3.84. The zero-order valence-corrected chi connectivity index (χ0v) is 4.78. The molecule has 0 atom stereocenters. The Hall–Kier alpha value is -1.00. The van der Waals surface area contributed by atoms with E-state index in [1.807, 2.05) is 6.08 Å². The van der Waals surface area contributed by atoms with Gasteiger partial charge in [-0.25, -0.2) is 0 Å². The Morgan fingerprint density at radius 3 is 2.62 bits per heavy atom. The first-order valence-corrected chi connectivity index (χ1v) is 2.59. The number of hydrogen-bond donors (Lipinski definition) is 0. The van der Waals surface area contributed by atoms with Crippen LogP contribution in [0.25, 0.3) is 0 Å². The summed E-state index contributed by atoms with van der Waals surface area (Å²) in [5, 5.41) is 0. The average Bonchev–Trinajstić information content (AvgIpc) is 2.14. The quantitative estimate of drug-likeness (QED) is 0.413. The third-order valence-corrected chi connectivity index (χ3v) is 1.24. The SMILES string of the molecule is C=C=C1CC=CC1=C. The van der Waals surface area contributed by atoms with Crippen molar-refractivity contribution in [2.24, 2.45) is 0 Å². The third kappa shape index (κ3) is 0.661. The van der Waals surface area contributed by atoms with Gasteiger partial charge in [0.15, 0.2) is 0 Å². The second-order valence-electron chi connectivity index (χ2n) is 1.79. The van der Waals surface area contributed by atoms with Gasteiger partial charge in [0.2, 0.25) is 0 Å². The van der Waals surface area contributed by atoms with Crippen LogP contribution in [-0.4, -0.2) is 0 Å². The van der Waals surface area contributed by atoms with Gasteiger partial charge in [-0.2, -0.15) is 0 Å². The molecule has 1 aliphatic rings. The van der Waals surface area contributed by atoms with Crippen LogP contribution in [0.4, 0.5) is 0 Å². The summed E-state index contributed by atoms with van der Waals surface area (Å²) in [4.78, 5) is 0. The molecule has 0 bridgehead atoms. The van der Waals surface area contributed by atoms with Gasteiger partial charge in [0.05, 0.1) is 0 Å². The minimum atomic E-state index is 0.961. The molecule has 0 aromatic heterocycles. The van der Waals surface area contributed by atoms with Crippen molar-refractivity contribution in [3.8, 4) is 0 Å². The van der Waals surface area contributed by atoms with E-state index in [4.69, 9.17) is 0 Å². The summed E-state index contributed by atoms with van der Waals surface area (Å²) in [7, 11) is 0. The van der Waals surface area contributed by atoms with Crippen molar-refractivity contribution >= 4 is 0 Å². The van der Waals surface area contributed by atoms with E-state index in [2.05, 4.69) is 25.0 Å². The van der Waals surface area contributed by atoms with Gasteiger partial charge in [0.25, 0.3) is 0 Å². The van der Waals surface area contributed by atoms with Crippen LogP contribution in [0.2, 0.25) is 0 Å². The lowest BCUT2D eigenvalue weighted by atomic mass is 10.2. The molecular formula is C8H8. The molecule has 1 aliphatic carbocycles. The van der Waals surface area contributed by atoms with Crippen LogP contribution in [0, 0.1) is 0 Å². The van der Waals surface area contributed by atoms with Crippen LogP contribution in [0.15, 0.2) is 42.2 Å². The van der Waals surface area contributed by atoms with E-state index in [0.29, 0.717) is 0 Å². The summed E-state index contributed by atoms with van der Waals surface area (Å²) in [6.07, 6.45) is 5.02. The van der Waals surface area contributed by atoms with Crippen LogP contribution >= 0.6 is 0 Å². The number of hydrogen-bond acceptors (Lipinski definition) is 0. The topological polar surface area (TPSA) is 0 Å². The summed E-state index contributed by atoms with van der Waals surface area (Å²) in [6, 6.07) is 0. The van der Waals surface area contributed by atoms with E-state index in [1.165, 1.54) is 0 Å². The lowest BCUT2D eigenvalue weighted by molar-refractivity contribution is 1.33. The predicted octanol–water partition coefficient (Wildman–Crippen LogP) is 2.21. The minimum Gasteiger partial charge on any atom is -0.124 e. The van der Waals surface area contributed by atoms with E-state index >= 15 is 0 Å². The van der Waals surface area contributed by atoms with Gasteiger partial charge >= 0.3 is 0 Å². The average molecular weight is 104 g/mol. The van der Waals surface area contributed by atoms with E-state index in [-0.39, 0.29) is 0 Å². The summed E-state index contributed by atoms with van der Waals surface area (Å²) < 4.78 is 0. The highest BCUT2D eigenvalue weighted by Crippen LogP contribution is 2.19. The molecule has 40 valence electrons. The largest absolute Gasteiger partial charge is 0.124 e. The predicted molar refractivity (Wildman–Crippen MR) is 35.5 cm³/mol. The number of rotatable bonds is 0. The Labute approximate surface area is 49.5 Å². The van der Waals surface area contributed by atoms with Gasteiger partial charge in [-0.15, -0.1) is 5.73 Å². The lowest BCUT2D eigenvalue weighted by Crippen LogP contribution is -1.70. The summed E-state index contributed by atoms with van der Waals surface area (Å²) in [6.45, 7) is 7.31. The molecule has 0 aromatic carbocycles. The lowest BCUT2D eigenvalue weighted by Gasteiger charge is -1.87. The Kier molecular flexibility index (Phi) is 1.19. The molecule has 0 aliphatic heterocycles. The van der Waals surface area contributed by atoms with Crippen LogP contribution in [0.5, 0.6) is 0 Å². The fourth-order valence-electron chi connectivity index (χ4n) is 0.736. The fraction of sp³-hybridized carbons (Fsp3) is 0.125. The highest BCUT2D eigenvalue weighted by atomic mass is 14.0. The van der Waals surface area contributed by atoms with Crippen LogP contribution in [0.3, 0.4) is 0 Å². The van der Waals surface area contributed by atoms with Crippen molar-refractivity contribution in [1.82, 2.24) is 0 Å². The molecule has 0 amide bonds. The second kappa shape index (κ2) is 1.85. The van der Waals surface area contributed by atoms with Crippen LogP contribution in [-0.2, 0) is 0 Å². The third-order valence-electron chi connectivity index (χ3n) is 1.24. The minimum absolute atomic E-state index is 0.961. The highest BCUT2D eigenvalue weighted by Gasteiger charge is 2.01. The fourth-order valence-corrected chi connectivity index (χ4v) is 0.736. The van der Waals surface area contributed by atoms with Gasteiger partial charge < -0.3 is 0 Å². The summed E-state index contributed by atoms with van der Waals surface area (Å²) >= 11 is 0. The molecule has 0 spiro atoms. The molecule has 0 heteroatoms. The molecular weight excluding hydrogens is 96.1 g/mol. The smallest absolute Gasteiger partial charge is 0.00375 e. The van der Waals surface area contributed by atoms with Gasteiger partial charge in [-0.3, -0.25) is 0 Å². The Morgan fingerprint density at radius 1 is 1.62 bits per heavy atom. The maximum Gasteiger partial charge on any atom is 0.00375 e. The first-order valence-electron chi connectivity index (χ1n) is 2.59. The maximum absolute atomic E-state index is 3.78. The molecule has 0 N–H and O–H groups in total. The van der Waals surface area contributed by atoms with Gasteiger partial charge in [0.1, 0.15) is 0 Å². The Morgan fingerprint density at radius 2 is 2.38 bits per heavy atom. The Balaban J connectivity index is 2.95. The zero-order valence-electron chi connectivity index (χ0n) is 4.78. The van der Waals surface area contributed by atoms with E-state index in [9.17, 15) is 0 Å². The maximum atomic E-state index is 3.78. The van der Waals surface area contributed by atoms with Crippen molar-refractivity contribution in [2.45, 2.75) is 6.42 Å². The molecule has 0 saturated carbocycles. The van der Waals surface area contributed by atoms with Crippen molar-refractivity contribution in [1.29, 1.82) is 0 Å². The first kappa shape index (κ1) is 5.14. The highest BCUT2D eigenvalue weighted by molar-refractivity contribution is 5.43. The van der Waals surface area contributed by atoms with Gasteiger partial charge in [-0.05, 0) is 12.0 Å². The normalized spacial score (nSPS) is 17.0. The molecule has 8 heavy (non-hydrogen) atoms. The van der Waals surface area contributed by atoms with Crippen molar-refractivity contribution in [2.75, 3.05) is 0 Å². The number of allylic oxidation sites excluding steroid dienone is 4. The van der Waals surface area contributed by atoms with E-state index < -0.39 is 0 Å². The van der Waals surface area contributed by atoms with Gasteiger partial charge in [0, 0.05) is 5.57 Å². The van der Waals surface area contributed by atoms with E-state index in [1.54, 1.807) is 0 Å². The molecule has 0 fully saturated rings. The molecule has 0 radical (unpaired) electrons. The van der Waals surface area contributed by atoms with Crippen LogP contribution in [0.1, 0.15) is 6.42 Å². The molecule has 0 heterocycles. The van der Waals surface area contributed by atoms with Gasteiger partial charge in [-0.1, -0.05) is 25.3 Å². The monoisotopic (exact) mass is 104 g/mol. The Bertz CT molecular complexity index is 188. The van der Waals surface area contributed by atoms with Crippen molar-refractivity contribution < 1.29 is 0 Å². The van der Waals surface area contributed by atoms with Crippen LogP contribution < -0.4 is 0 Å².